The minimum absolute atomic E-state index is 0.0419. The summed E-state index contributed by atoms with van der Waals surface area (Å²) >= 11 is 0. The van der Waals surface area contributed by atoms with Crippen molar-refractivity contribution in [3.63, 3.8) is 0 Å². The lowest BCUT2D eigenvalue weighted by molar-refractivity contribution is 0.0911. The number of aromatic nitrogens is 1. The molecule has 2 aromatic rings. The van der Waals surface area contributed by atoms with Crippen LogP contribution < -0.4 is 5.32 Å². The van der Waals surface area contributed by atoms with Gasteiger partial charge in [-0.1, -0.05) is 18.2 Å². The van der Waals surface area contributed by atoms with Crippen LogP contribution >= 0.6 is 0 Å². The van der Waals surface area contributed by atoms with Gasteiger partial charge >= 0.3 is 0 Å². The van der Waals surface area contributed by atoms with Gasteiger partial charge in [-0.2, -0.15) is 0 Å². The lowest BCUT2D eigenvalue weighted by atomic mass is 9.87. The van der Waals surface area contributed by atoms with Crippen LogP contribution in [0.25, 0.3) is 10.9 Å². The van der Waals surface area contributed by atoms with Crippen molar-refractivity contribution in [1.82, 2.24) is 10.3 Å². The number of aliphatic hydroxyl groups excluding tert-OH is 1. The Morgan fingerprint density at radius 1 is 1.19 bits per heavy atom. The Bertz CT molecular complexity index is 628. The molecule has 110 valence electrons. The number of rotatable bonds is 3. The van der Waals surface area contributed by atoms with Crippen LogP contribution in [-0.2, 0) is 0 Å². The van der Waals surface area contributed by atoms with Crippen molar-refractivity contribution in [1.29, 1.82) is 0 Å². The second-order valence-electron chi connectivity index (χ2n) is 5.76. The lowest BCUT2D eigenvalue weighted by Crippen LogP contribution is -2.32. The Morgan fingerprint density at radius 3 is 2.76 bits per heavy atom. The number of fused-ring (bicyclic) bond motifs is 1. The van der Waals surface area contributed by atoms with Crippen LogP contribution in [0, 0.1) is 5.92 Å². The van der Waals surface area contributed by atoms with Crippen molar-refractivity contribution in [2.45, 2.75) is 31.8 Å². The third-order valence-corrected chi connectivity index (χ3v) is 4.26. The van der Waals surface area contributed by atoms with Crippen molar-refractivity contribution < 1.29 is 9.90 Å². The first kappa shape index (κ1) is 14.0. The van der Waals surface area contributed by atoms with Gasteiger partial charge in [-0.05, 0) is 43.7 Å². The molecule has 0 spiro atoms. The summed E-state index contributed by atoms with van der Waals surface area (Å²) in [6.45, 7) is 0.683. The highest BCUT2D eigenvalue weighted by Gasteiger charge is 2.20. The summed E-state index contributed by atoms with van der Waals surface area (Å²) in [7, 11) is 0. The van der Waals surface area contributed by atoms with Crippen LogP contribution in [0.1, 0.15) is 36.0 Å². The molecule has 1 fully saturated rings. The number of carbonyl (C=O) groups is 1. The van der Waals surface area contributed by atoms with E-state index in [-0.39, 0.29) is 12.0 Å². The fourth-order valence-corrected chi connectivity index (χ4v) is 2.98. The smallest absolute Gasteiger partial charge is 0.252 e. The predicted molar refractivity (Wildman–Crippen MR) is 82.0 cm³/mol. The maximum atomic E-state index is 12.4. The zero-order valence-electron chi connectivity index (χ0n) is 12.0. The second kappa shape index (κ2) is 6.22. The quantitative estimate of drug-likeness (QED) is 0.910. The first-order chi connectivity index (χ1) is 10.2. The van der Waals surface area contributed by atoms with E-state index in [1.807, 2.05) is 24.3 Å². The molecule has 3 rings (SSSR count). The van der Waals surface area contributed by atoms with Gasteiger partial charge in [-0.15, -0.1) is 0 Å². The molecule has 21 heavy (non-hydrogen) atoms. The molecule has 0 aliphatic heterocycles. The molecule has 0 radical (unpaired) electrons. The molecule has 4 nitrogen and oxygen atoms in total. The van der Waals surface area contributed by atoms with Gasteiger partial charge in [0.2, 0.25) is 0 Å². The number of para-hydroxylation sites is 1. The average Bonchev–Trinajstić information content (AvgIpc) is 2.53. The number of nitrogens with zero attached hydrogens (tertiary/aromatic N) is 1. The summed E-state index contributed by atoms with van der Waals surface area (Å²) in [6, 6.07) is 9.44. The fourth-order valence-electron chi connectivity index (χ4n) is 2.98. The molecule has 1 saturated carbocycles. The summed E-state index contributed by atoms with van der Waals surface area (Å²) < 4.78 is 0. The number of carbonyl (C=O) groups excluding carboxylic acids is 1. The molecule has 0 saturated heterocycles. The monoisotopic (exact) mass is 284 g/mol. The van der Waals surface area contributed by atoms with E-state index in [1.165, 1.54) is 0 Å². The molecule has 1 amide bonds. The standard InChI is InChI=1S/C17H20N2O2/c20-13-7-5-12(6-8-13)11-19-17(21)15-9-10-18-16-4-2-1-3-14(15)16/h1-4,9-10,12-13,20H,5-8,11H2,(H,19,21). The number of benzene rings is 1. The number of pyridine rings is 1. The number of hydrogen-bond acceptors (Lipinski definition) is 3. The van der Waals surface area contributed by atoms with Crippen molar-refractivity contribution >= 4 is 16.8 Å². The molecule has 1 aliphatic carbocycles. The van der Waals surface area contributed by atoms with Crippen LogP contribution in [0.3, 0.4) is 0 Å². The molecule has 0 atom stereocenters. The Hall–Kier alpha value is -1.94. The van der Waals surface area contributed by atoms with Crippen molar-refractivity contribution in [2.24, 2.45) is 5.92 Å². The number of nitrogens with one attached hydrogen (secondary N) is 1. The van der Waals surface area contributed by atoms with E-state index in [4.69, 9.17) is 0 Å². The zero-order valence-corrected chi connectivity index (χ0v) is 12.0. The number of aliphatic hydroxyl groups is 1. The van der Waals surface area contributed by atoms with Gasteiger partial charge in [0.1, 0.15) is 0 Å². The largest absolute Gasteiger partial charge is 0.393 e. The Kier molecular flexibility index (Phi) is 4.15. The van der Waals surface area contributed by atoms with E-state index in [0.717, 1.165) is 36.6 Å². The second-order valence-corrected chi connectivity index (χ2v) is 5.76. The molecule has 0 unspecified atom stereocenters. The Morgan fingerprint density at radius 2 is 1.95 bits per heavy atom. The molecule has 1 aliphatic rings. The van der Waals surface area contributed by atoms with E-state index in [0.29, 0.717) is 18.0 Å². The summed E-state index contributed by atoms with van der Waals surface area (Å²) in [4.78, 5) is 16.7. The van der Waals surface area contributed by atoms with Crippen molar-refractivity contribution in [2.75, 3.05) is 6.54 Å². The number of hydrogen-bond donors (Lipinski definition) is 2. The molecule has 1 aromatic carbocycles. The highest BCUT2D eigenvalue weighted by molar-refractivity contribution is 6.05. The summed E-state index contributed by atoms with van der Waals surface area (Å²) in [5.74, 6) is 0.435. The predicted octanol–water partition coefficient (Wildman–Crippen LogP) is 2.52. The van der Waals surface area contributed by atoms with E-state index >= 15 is 0 Å². The lowest BCUT2D eigenvalue weighted by Gasteiger charge is -2.25. The van der Waals surface area contributed by atoms with E-state index in [9.17, 15) is 9.90 Å². The van der Waals surface area contributed by atoms with E-state index in [2.05, 4.69) is 10.3 Å². The summed E-state index contributed by atoms with van der Waals surface area (Å²) in [6.07, 6.45) is 5.18. The van der Waals surface area contributed by atoms with E-state index in [1.54, 1.807) is 12.3 Å². The van der Waals surface area contributed by atoms with Gasteiger partial charge < -0.3 is 10.4 Å². The molecular weight excluding hydrogens is 264 g/mol. The zero-order chi connectivity index (χ0) is 14.7. The van der Waals surface area contributed by atoms with Crippen LogP contribution in [0.5, 0.6) is 0 Å². The van der Waals surface area contributed by atoms with Crippen LogP contribution in [0.15, 0.2) is 36.5 Å². The van der Waals surface area contributed by atoms with Gasteiger partial charge in [0.15, 0.2) is 0 Å². The maximum absolute atomic E-state index is 12.4. The minimum Gasteiger partial charge on any atom is -0.393 e. The van der Waals surface area contributed by atoms with Crippen LogP contribution in [-0.4, -0.2) is 28.6 Å². The number of amides is 1. The van der Waals surface area contributed by atoms with Crippen LogP contribution in [0.2, 0.25) is 0 Å². The minimum atomic E-state index is -0.152. The molecule has 1 heterocycles. The molecule has 1 aromatic heterocycles. The average molecular weight is 284 g/mol. The summed E-state index contributed by atoms with van der Waals surface area (Å²) in [5, 5.41) is 13.4. The van der Waals surface area contributed by atoms with Crippen LogP contribution in [0.4, 0.5) is 0 Å². The first-order valence-corrected chi connectivity index (χ1v) is 7.54. The Balaban J connectivity index is 1.67. The van der Waals surface area contributed by atoms with E-state index < -0.39 is 0 Å². The van der Waals surface area contributed by atoms with Gasteiger partial charge in [0.25, 0.3) is 5.91 Å². The maximum Gasteiger partial charge on any atom is 0.252 e. The SMILES string of the molecule is O=C(NCC1CCC(O)CC1)c1ccnc2ccccc12. The van der Waals surface area contributed by atoms with Gasteiger partial charge in [-0.3, -0.25) is 9.78 Å². The highest BCUT2D eigenvalue weighted by Crippen LogP contribution is 2.23. The van der Waals surface area contributed by atoms with Crippen molar-refractivity contribution in [3.8, 4) is 0 Å². The molecule has 0 bridgehead atoms. The first-order valence-electron chi connectivity index (χ1n) is 7.54. The fraction of sp³-hybridized carbons (Fsp3) is 0.412. The van der Waals surface area contributed by atoms with Gasteiger partial charge in [0.05, 0.1) is 17.2 Å². The molecule has 2 N–H and O–H groups in total. The third-order valence-electron chi connectivity index (χ3n) is 4.26. The normalized spacial score (nSPS) is 22.1. The highest BCUT2D eigenvalue weighted by atomic mass is 16.3. The molecule has 4 heteroatoms. The molecular formula is C17H20N2O2. The summed E-state index contributed by atoms with van der Waals surface area (Å²) in [5.41, 5.74) is 1.52. The third kappa shape index (κ3) is 3.22. The van der Waals surface area contributed by atoms with Crippen molar-refractivity contribution in [3.05, 3.63) is 42.1 Å². The topological polar surface area (TPSA) is 62.2 Å². The van der Waals surface area contributed by atoms with Gasteiger partial charge in [0, 0.05) is 18.1 Å². The Labute approximate surface area is 124 Å². The van der Waals surface area contributed by atoms with Gasteiger partial charge in [-0.25, -0.2) is 0 Å².